The second-order valence-corrected chi connectivity index (χ2v) is 4.68. The maximum Gasteiger partial charge on any atom is 0.223 e. The van der Waals surface area contributed by atoms with Gasteiger partial charge in [0.15, 0.2) is 5.82 Å². The summed E-state index contributed by atoms with van der Waals surface area (Å²) in [6.45, 7) is 4.60. The Hall–Kier alpha value is -1.88. The van der Waals surface area contributed by atoms with Crippen molar-refractivity contribution >= 4 is 5.69 Å². The quantitative estimate of drug-likeness (QED) is 0.829. The van der Waals surface area contributed by atoms with Gasteiger partial charge in [0.2, 0.25) is 5.89 Å². The van der Waals surface area contributed by atoms with Crippen molar-refractivity contribution < 1.29 is 4.52 Å². The van der Waals surface area contributed by atoms with E-state index >= 15 is 0 Å². The summed E-state index contributed by atoms with van der Waals surface area (Å²) in [4.78, 5) is 6.56. The molecule has 1 aromatic carbocycles. The summed E-state index contributed by atoms with van der Waals surface area (Å²) in [7, 11) is 0. The van der Waals surface area contributed by atoms with E-state index in [2.05, 4.69) is 21.1 Å². The fourth-order valence-corrected chi connectivity index (χ4v) is 2.37. The number of hydrogen-bond donors (Lipinski definition) is 1. The lowest BCUT2D eigenvalue weighted by atomic mass is 10.1. The lowest BCUT2D eigenvalue weighted by Crippen LogP contribution is -2.20. The average molecular weight is 244 g/mol. The summed E-state index contributed by atoms with van der Waals surface area (Å²) < 4.78 is 4.96. The number of anilines is 1. The Kier molecular flexibility index (Phi) is 2.76. The molecule has 5 nitrogen and oxygen atoms in total. The topological polar surface area (TPSA) is 68.2 Å². The minimum absolute atomic E-state index is 0.624. The Morgan fingerprint density at radius 1 is 1.39 bits per heavy atom. The van der Waals surface area contributed by atoms with Crippen molar-refractivity contribution in [2.45, 2.75) is 26.4 Å². The molecule has 1 aromatic heterocycles. The van der Waals surface area contributed by atoms with Gasteiger partial charge >= 0.3 is 0 Å². The fourth-order valence-electron chi connectivity index (χ4n) is 2.37. The van der Waals surface area contributed by atoms with Gasteiger partial charge in [-0.3, -0.25) is 4.90 Å². The summed E-state index contributed by atoms with van der Waals surface area (Å²) in [5.74, 6) is 1.40. The van der Waals surface area contributed by atoms with Crippen molar-refractivity contribution in [2.24, 2.45) is 0 Å². The van der Waals surface area contributed by atoms with E-state index in [4.69, 9.17) is 10.3 Å². The molecule has 0 atom stereocenters. The largest absolute Gasteiger partial charge is 0.398 e. The van der Waals surface area contributed by atoms with Crippen LogP contribution in [0.1, 0.15) is 22.8 Å². The predicted octanol–water partition coefficient (Wildman–Crippen LogP) is 1.52. The number of nitrogen functional groups attached to an aromatic ring is 1. The molecule has 18 heavy (non-hydrogen) atoms. The van der Waals surface area contributed by atoms with E-state index in [1.54, 1.807) is 0 Å². The third-order valence-electron chi connectivity index (χ3n) is 3.31. The molecular weight excluding hydrogens is 228 g/mol. The molecule has 3 rings (SSSR count). The minimum atomic E-state index is 0.624. The molecular formula is C13H16N4O. The van der Waals surface area contributed by atoms with Gasteiger partial charge in [0.05, 0.1) is 0 Å². The number of fused-ring (bicyclic) bond motifs is 1. The van der Waals surface area contributed by atoms with E-state index in [0.29, 0.717) is 5.89 Å². The van der Waals surface area contributed by atoms with Crippen LogP contribution < -0.4 is 5.73 Å². The summed E-state index contributed by atoms with van der Waals surface area (Å²) in [6.07, 6.45) is 0.811. The molecule has 0 aliphatic carbocycles. The lowest BCUT2D eigenvalue weighted by molar-refractivity contribution is 0.284. The van der Waals surface area contributed by atoms with Crippen LogP contribution in [0.3, 0.4) is 0 Å². The van der Waals surface area contributed by atoms with Crippen molar-refractivity contribution in [2.75, 3.05) is 12.3 Å². The smallest absolute Gasteiger partial charge is 0.223 e. The van der Waals surface area contributed by atoms with E-state index < -0.39 is 0 Å². The van der Waals surface area contributed by atoms with Gasteiger partial charge in [-0.2, -0.15) is 4.98 Å². The zero-order valence-electron chi connectivity index (χ0n) is 10.4. The molecule has 0 fully saturated rings. The van der Waals surface area contributed by atoms with Crippen LogP contribution in [0.5, 0.6) is 0 Å². The van der Waals surface area contributed by atoms with E-state index in [9.17, 15) is 0 Å². The first-order valence-corrected chi connectivity index (χ1v) is 6.10. The first-order chi connectivity index (χ1) is 8.72. The number of aryl methyl sites for hydroxylation is 1. The molecule has 2 aromatic rings. The van der Waals surface area contributed by atoms with Crippen LogP contribution in [-0.4, -0.2) is 21.6 Å². The molecule has 2 N–H and O–H groups in total. The van der Waals surface area contributed by atoms with Gasteiger partial charge in [0.1, 0.15) is 0 Å². The first kappa shape index (κ1) is 11.2. The highest BCUT2D eigenvalue weighted by atomic mass is 16.5. The highest BCUT2D eigenvalue weighted by Gasteiger charge is 2.20. The van der Waals surface area contributed by atoms with E-state index in [1.165, 1.54) is 11.1 Å². The fraction of sp³-hybridized carbons (Fsp3) is 0.385. The summed E-state index contributed by atoms with van der Waals surface area (Å²) in [6, 6.07) is 6.12. The molecule has 1 aliphatic heterocycles. The molecule has 0 bridgehead atoms. The summed E-state index contributed by atoms with van der Waals surface area (Å²) in [5.41, 5.74) is 9.47. The van der Waals surface area contributed by atoms with E-state index in [-0.39, 0.29) is 0 Å². The second kappa shape index (κ2) is 4.42. The highest BCUT2D eigenvalue weighted by molar-refractivity contribution is 5.52. The number of aromatic nitrogens is 2. The molecule has 94 valence electrons. The minimum Gasteiger partial charge on any atom is -0.398 e. The Labute approximate surface area is 106 Å². The van der Waals surface area contributed by atoms with E-state index in [0.717, 1.165) is 37.6 Å². The third-order valence-corrected chi connectivity index (χ3v) is 3.31. The van der Waals surface area contributed by atoms with Gasteiger partial charge < -0.3 is 10.3 Å². The van der Waals surface area contributed by atoms with Gasteiger partial charge in [0, 0.05) is 38.7 Å². The first-order valence-electron chi connectivity index (χ1n) is 6.10. The van der Waals surface area contributed by atoms with Crippen molar-refractivity contribution in [3.05, 3.63) is 41.0 Å². The van der Waals surface area contributed by atoms with Crippen molar-refractivity contribution in [1.29, 1.82) is 0 Å². The molecule has 0 saturated heterocycles. The van der Waals surface area contributed by atoms with Crippen molar-refractivity contribution in [3.63, 3.8) is 0 Å². The molecule has 0 spiro atoms. The highest BCUT2D eigenvalue weighted by Crippen LogP contribution is 2.27. The number of rotatable bonds is 3. The molecule has 0 saturated carbocycles. The van der Waals surface area contributed by atoms with Crippen LogP contribution in [0.4, 0.5) is 5.69 Å². The van der Waals surface area contributed by atoms with Crippen LogP contribution >= 0.6 is 0 Å². The Bertz CT molecular complexity index is 564. The van der Waals surface area contributed by atoms with Crippen LogP contribution in [0.2, 0.25) is 0 Å². The number of nitrogens with two attached hydrogens (primary N) is 1. The van der Waals surface area contributed by atoms with Gasteiger partial charge in [0.25, 0.3) is 0 Å². The summed E-state index contributed by atoms with van der Waals surface area (Å²) in [5, 5.41) is 3.91. The Morgan fingerprint density at radius 3 is 3.00 bits per heavy atom. The number of hydrogen-bond acceptors (Lipinski definition) is 5. The van der Waals surface area contributed by atoms with Gasteiger partial charge in [-0.15, -0.1) is 0 Å². The average Bonchev–Trinajstić information content (AvgIpc) is 2.93. The van der Waals surface area contributed by atoms with Crippen molar-refractivity contribution in [3.8, 4) is 0 Å². The lowest BCUT2D eigenvalue weighted by Gasteiger charge is -2.12. The third kappa shape index (κ3) is 2.09. The molecule has 0 unspecified atom stereocenters. The van der Waals surface area contributed by atoms with Crippen molar-refractivity contribution in [1.82, 2.24) is 15.0 Å². The maximum absolute atomic E-state index is 5.98. The molecule has 5 heteroatoms. The number of benzene rings is 1. The van der Waals surface area contributed by atoms with Crippen LogP contribution in [0.25, 0.3) is 0 Å². The number of nitrogens with zero attached hydrogens (tertiary/aromatic N) is 3. The standard InChI is InChI=1S/C13H16N4O/c1-9-15-13(16-18-9)5-6-17-7-10-3-2-4-12(14)11(10)8-17/h2-4H,5-8,14H2,1H3. The Morgan fingerprint density at radius 2 is 2.28 bits per heavy atom. The molecule has 2 heterocycles. The predicted molar refractivity (Wildman–Crippen MR) is 67.7 cm³/mol. The Balaban J connectivity index is 1.63. The molecule has 0 amide bonds. The van der Waals surface area contributed by atoms with E-state index in [1.807, 2.05) is 19.1 Å². The van der Waals surface area contributed by atoms with Crippen LogP contribution in [0, 0.1) is 6.92 Å². The van der Waals surface area contributed by atoms with Crippen LogP contribution in [-0.2, 0) is 19.5 Å². The second-order valence-electron chi connectivity index (χ2n) is 4.68. The van der Waals surface area contributed by atoms with Gasteiger partial charge in [-0.25, -0.2) is 0 Å². The zero-order chi connectivity index (χ0) is 12.5. The SMILES string of the molecule is Cc1nc(CCN2Cc3cccc(N)c3C2)no1. The van der Waals surface area contributed by atoms with Gasteiger partial charge in [-0.05, 0) is 17.2 Å². The van der Waals surface area contributed by atoms with Crippen LogP contribution in [0.15, 0.2) is 22.7 Å². The summed E-state index contributed by atoms with van der Waals surface area (Å²) >= 11 is 0. The molecule has 0 radical (unpaired) electrons. The zero-order valence-corrected chi connectivity index (χ0v) is 10.4. The normalized spacial score (nSPS) is 14.9. The van der Waals surface area contributed by atoms with Gasteiger partial charge in [-0.1, -0.05) is 17.3 Å². The monoisotopic (exact) mass is 244 g/mol. The molecule has 1 aliphatic rings. The maximum atomic E-state index is 5.98.